The summed E-state index contributed by atoms with van der Waals surface area (Å²) in [7, 11) is 5.37. The van der Waals surface area contributed by atoms with Gasteiger partial charge in [-0.25, -0.2) is 48.7 Å². The number of methoxy groups -OCH3 is 4. The maximum atomic E-state index is 11.5. The number of nitrogens with two attached hydrogens (primary N) is 1. The average Bonchev–Trinajstić information content (AvgIpc) is 1.77. The van der Waals surface area contributed by atoms with Crippen LogP contribution >= 0.6 is 0 Å². The molecule has 0 aliphatic carbocycles. The van der Waals surface area contributed by atoms with E-state index in [2.05, 4.69) is 49.4 Å². The van der Waals surface area contributed by atoms with Crippen molar-refractivity contribution in [3.8, 4) is 0 Å². The minimum atomic E-state index is -0.980. The smallest absolute Gasteiger partial charge is 0.340 e. The summed E-state index contributed by atoms with van der Waals surface area (Å²) < 4.78 is 29.3. The molecule has 10 rings (SSSR count). The molecule has 4 heterocycles. The molecule has 6 aromatic carbocycles. The molecule has 0 bridgehead atoms. The van der Waals surface area contributed by atoms with E-state index < -0.39 is 41.8 Å². The number of H-pyrrole nitrogens is 2. The molecule has 0 saturated heterocycles. The number of carbonyl (C=O) groups is 9. The minimum Gasteiger partial charge on any atom is -0.481 e. The van der Waals surface area contributed by atoms with Gasteiger partial charge in [-0.2, -0.15) is 0 Å². The Hall–Kier alpha value is -11.8. The minimum absolute atomic E-state index is 0.126. The van der Waals surface area contributed by atoms with Crippen LogP contribution in [-0.2, 0) is 59.0 Å². The predicted molar refractivity (Wildman–Crippen MR) is 354 cm³/mol. The van der Waals surface area contributed by atoms with Gasteiger partial charge < -0.3 is 69.2 Å². The predicted octanol–water partition coefficient (Wildman–Crippen LogP) is 12.1. The van der Waals surface area contributed by atoms with Crippen LogP contribution in [0.3, 0.4) is 0 Å². The van der Waals surface area contributed by atoms with Crippen molar-refractivity contribution < 1.29 is 91.4 Å². The van der Waals surface area contributed by atoms with Gasteiger partial charge in [-0.3, -0.25) is 14.4 Å². The quantitative estimate of drug-likeness (QED) is 0.0302. The highest BCUT2D eigenvalue weighted by Gasteiger charge is 2.18. The maximum absolute atomic E-state index is 11.5. The van der Waals surface area contributed by atoms with E-state index in [1.54, 1.807) is 86.6 Å². The number of ether oxygens (including phenoxy) is 4. The normalized spacial score (nSPS) is 9.95. The number of hydrogen-bond donors (Lipinski definition) is 8. The number of anilines is 2. The molecular formula is C68H78N8O19. The van der Waals surface area contributed by atoms with Crippen molar-refractivity contribution in [2.45, 2.75) is 101 Å². The number of esters is 4. The van der Waals surface area contributed by atoms with Crippen LogP contribution in [0.2, 0.25) is 0 Å². The van der Waals surface area contributed by atoms with Crippen LogP contribution < -0.4 is 11.1 Å². The van der Waals surface area contributed by atoms with Gasteiger partial charge in [0.2, 0.25) is 5.91 Å². The fourth-order valence-electron chi connectivity index (χ4n) is 8.00. The van der Waals surface area contributed by atoms with Crippen LogP contribution in [-0.4, -0.2) is 132 Å². The molecule has 0 fully saturated rings. The summed E-state index contributed by atoms with van der Waals surface area (Å²) in [5.41, 5.74) is 15.6. The summed E-state index contributed by atoms with van der Waals surface area (Å²) in [5.74, 6) is -2.33. The summed E-state index contributed by atoms with van der Waals surface area (Å²) in [6, 6.07) is 31.1. The second-order valence-corrected chi connectivity index (χ2v) is 19.5. The fourth-order valence-corrected chi connectivity index (χ4v) is 8.00. The average molecular weight is 1310 g/mol. The van der Waals surface area contributed by atoms with Crippen molar-refractivity contribution in [3.05, 3.63) is 177 Å². The molecule has 0 unspecified atom stereocenters. The standard InChI is InChI=1S/C12H15NO3.C11H12N2O2.C11H11NO3.C10H10N2O2.C10H9NO3.C9H11NO2.C3H6O2.C2H4O2/c1-4-10(14)13-11-8(2)6-5-7-9(11)12(15)16-3;1-3-9-12-8-6-4-5-7(10(8)13-9)11(14)15-2;1-3-9-12-10-7(11(13)14-2)5-4-6-8(10)15-9;1-2-8-11-7-5-3-4-6(10(13)14)9(7)12-8;1-2-8-11-9-6(10(12)13)4-3-5-7(9)14-8;1-6-4-3-5-7(8(6)10)9(11)12-2;1-2-3(4)5;1-2(3)4/h5-7H,4H2,1-3H3,(H,13,14);4-6H,3H2,1-2H3,(H,12,13);4-6H,3H2,1-2H3;3-5H,2H2,1H3,(H,11,12)(H,13,14);3-5H,2H2,1H3,(H,12,13);3-5H,10H2,1-2H3;2H2,1H3,(H,4,5);1H3,(H,3,4). The summed E-state index contributed by atoms with van der Waals surface area (Å²) in [4.78, 5) is 120. The Balaban J connectivity index is 0.000000290. The number of aromatic amines is 2. The number of nitrogens with zero attached hydrogens (tertiary/aromatic N) is 4. The lowest BCUT2D eigenvalue weighted by molar-refractivity contribution is -0.137. The van der Waals surface area contributed by atoms with E-state index in [4.69, 9.17) is 44.5 Å². The first-order chi connectivity index (χ1) is 45.2. The Kier molecular flexibility index (Phi) is 31.7. The molecule has 27 nitrogen and oxygen atoms in total. The molecule has 504 valence electrons. The van der Waals surface area contributed by atoms with Crippen LogP contribution in [0.15, 0.2) is 118 Å². The molecule has 0 aliphatic heterocycles. The van der Waals surface area contributed by atoms with Gasteiger partial charge in [-0.15, -0.1) is 0 Å². The van der Waals surface area contributed by atoms with Crippen molar-refractivity contribution in [2.75, 3.05) is 39.5 Å². The number of carboxylic acids is 4. The van der Waals surface area contributed by atoms with E-state index >= 15 is 0 Å². The Morgan fingerprint density at radius 1 is 0.453 bits per heavy atom. The number of para-hydroxylation sites is 6. The number of benzene rings is 6. The molecule has 95 heavy (non-hydrogen) atoms. The second kappa shape index (κ2) is 38.8. The van der Waals surface area contributed by atoms with Crippen molar-refractivity contribution in [3.63, 3.8) is 0 Å². The monoisotopic (exact) mass is 1310 g/mol. The van der Waals surface area contributed by atoms with Gasteiger partial charge in [0.25, 0.3) is 5.97 Å². The number of amides is 1. The maximum Gasteiger partial charge on any atom is 0.340 e. The molecular weight excluding hydrogens is 1230 g/mol. The van der Waals surface area contributed by atoms with Crippen LogP contribution in [0, 0.1) is 13.8 Å². The topological polar surface area (TPSA) is 419 Å². The Labute approximate surface area is 546 Å². The van der Waals surface area contributed by atoms with Crippen LogP contribution in [0.1, 0.15) is 158 Å². The number of oxazole rings is 2. The summed E-state index contributed by atoms with van der Waals surface area (Å²) in [6.45, 7) is 16.0. The number of aromatic carboxylic acids is 2. The summed E-state index contributed by atoms with van der Waals surface area (Å²) >= 11 is 0. The number of fused-ring (bicyclic) bond motifs is 4. The lowest BCUT2D eigenvalue weighted by Gasteiger charge is -2.11. The fraction of sp³-hybridized carbons (Fsp3) is 0.279. The Morgan fingerprint density at radius 3 is 1.19 bits per heavy atom. The number of nitrogen functional groups attached to an aromatic ring is 1. The largest absolute Gasteiger partial charge is 0.481 e. The highest BCUT2D eigenvalue weighted by molar-refractivity contribution is 6.04. The first kappa shape index (κ1) is 77.5. The van der Waals surface area contributed by atoms with E-state index in [-0.39, 0.29) is 29.4 Å². The van der Waals surface area contributed by atoms with Gasteiger partial charge in [0.15, 0.2) is 22.9 Å². The van der Waals surface area contributed by atoms with Gasteiger partial charge in [0.1, 0.15) is 33.7 Å². The number of aromatic nitrogens is 6. The molecule has 0 atom stereocenters. The highest BCUT2D eigenvalue weighted by Crippen LogP contribution is 2.24. The molecule has 9 N–H and O–H groups in total. The number of rotatable bonds is 13. The molecule has 10 aromatic rings. The molecule has 0 spiro atoms. The zero-order valence-electron chi connectivity index (χ0n) is 54.9. The third-order valence-corrected chi connectivity index (χ3v) is 12.9. The zero-order chi connectivity index (χ0) is 71.1. The van der Waals surface area contributed by atoms with Crippen molar-refractivity contribution >= 4 is 109 Å². The molecule has 0 aliphatic rings. The number of imidazole rings is 2. The van der Waals surface area contributed by atoms with Crippen molar-refractivity contribution in [2.24, 2.45) is 0 Å². The van der Waals surface area contributed by atoms with Crippen LogP contribution in [0.25, 0.3) is 44.3 Å². The van der Waals surface area contributed by atoms with Crippen LogP contribution in [0.5, 0.6) is 0 Å². The molecule has 0 saturated carbocycles. The number of aryl methyl sites for hydroxylation is 6. The van der Waals surface area contributed by atoms with Crippen molar-refractivity contribution in [1.82, 2.24) is 29.9 Å². The lowest BCUT2D eigenvalue weighted by atomic mass is 10.1. The Morgan fingerprint density at radius 2 is 0.789 bits per heavy atom. The van der Waals surface area contributed by atoms with Gasteiger partial charge in [0.05, 0.1) is 78.5 Å². The van der Waals surface area contributed by atoms with Crippen molar-refractivity contribution in [1.29, 1.82) is 0 Å². The molecule has 1 amide bonds. The summed E-state index contributed by atoms with van der Waals surface area (Å²) in [6.07, 6.45) is 3.54. The number of nitrogens with one attached hydrogen (secondary N) is 3. The van der Waals surface area contributed by atoms with Crippen LogP contribution in [0.4, 0.5) is 11.4 Å². The van der Waals surface area contributed by atoms with E-state index in [9.17, 15) is 38.4 Å². The first-order valence-corrected chi connectivity index (χ1v) is 29.4. The highest BCUT2D eigenvalue weighted by atomic mass is 16.5. The molecule has 4 aromatic heterocycles. The Bertz CT molecular complexity index is 4090. The first-order valence-electron chi connectivity index (χ1n) is 29.4. The van der Waals surface area contributed by atoms with Gasteiger partial charge in [-0.1, -0.05) is 90.1 Å². The zero-order valence-corrected chi connectivity index (χ0v) is 54.9. The number of aliphatic carboxylic acids is 2. The third kappa shape index (κ3) is 22.8. The van der Waals surface area contributed by atoms with Gasteiger partial charge in [0, 0.05) is 51.1 Å². The summed E-state index contributed by atoms with van der Waals surface area (Å²) in [5, 5.41) is 35.6. The SMILES string of the molecule is CC(=O)O.CCC(=O)Nc1c(C)cccc1C(=O)OC.CCC(=O)O.CCc1nc2c(C(=O)O)cccc2[nH]1.CCc1nc2c(C(=O)O)cccc2o1.CCc1nc2c(C(=O)OC)cccc2[nH]1.CCc1nc2c(C(=O)OC)cccc2o1.COC(=O)c1cccc(C)c1N. The van der Waals surface area contributed by atoms with E-state index in [1.165, 1.54) is 34.5 Å². The second-order valence-electron chi connectivity index (χ2n) is 19.5. The third-order valence-electron chi connectivity index (χ3n) is 12.9. The molecule has 27 heteroatoms. The lowest BCUT2D eigenvalue weighted by Crippen LogP contribution is -2.15. The number of carboxylic acid groups (broad SMARTS) is 4. The van der Waals surface area contributed by atoms with E-state index in [0.29, 0.717) is 97.9 Å². The number of carbonyl (C=O) groups excluding carboxylic acids is 5. The number of hydrogen-bond acceptors (Lipinski definition) is 20. The molecule has 0 radical (unpaired) electrons. The van der Waals surface area contributed by atoms with Gasteiger partial charge in [-0.05, 0) is 85.6 Å². The van der Waals surface area contributed by atoms with E-state index in [0.717, 1.165) is 53.6 Å². The van der Waals surface area contributed by atoms with Gasteiger partial charge >= 0.3 is 41.8 Å². The van der Waals surface area contributed by atoms with E-state index in [1.807, 2.05) is 71.9 Å².